The van der Waals surface area contributed by atoms with Crippen LogP contribution in [0.2, 0.25) is 0 Å². The van der Waals surface area contributed by atoms with Gasteiger partial charge < -0.3 is 42.9 Å². The summed E-state index contributed by atoms with van der Waals surface area (Å²) in [7, 11) is -9.03. The summed E-state index contributed by atoms with van der Waals surface area (Å²) in [6, 6.07) is 33.8. The summed E-state index contributed by atoms with van der Waals surface area (Å²) in [4.78, 5) is 4.41. The topological polar surface area (TPSA) is 168 Å². The van der Waals surface area contributed by atoms with Crippen molar-refractivity contribution in [3.63, 3.8) is 0 Å². The van der Waals surface area contributed by atoms with Crippen LogP contribution in [-0.4, -0.2) is 61.5 Å². The first kappa shape index (κ1) is 37.4. The summed E-state index contributed by atoms with van der Waals surface area (Å²) < 4.78 is 67.1. The minimum absolute atomic E-state index is 0.112. The average Bonchev–Trinajstić information content (AvgIpc) is 3.21. The fourth-order valence-corrected chi connectivity index (χ4v) is 5.05. The molecule has 3 heterocycles. The molecule has 4 aromatic rings. The number of benzene rings is 4. The quantitative estimate of drug-likeness (QED) is 0.157. The molecule has 2 bridgehead atoms. The van der Waals surface area contributed by atoms with Crippen LogP contribution in [0.25, 0.3) is 0 Å². The Balaban J connectivity index is 1.58. The van der Waals surface area contributed by atoms with Crippen LogP contribution in [0, 0.1) is 0 Å². The third-order valence-electron chi connectivity index (χ3n) is 7.80. The first-order chi connectivity index (χ1) is 26.4. The van der Waals surface area contributed by atoms with E-state index in [0.29, 0.717) is 35.2 Å². The van der Waals surface area contributed by atoms with E-state index < -0.39 is 14.1 Å². The number of halogens is 2. The van der Waals surface area contributed by atoms with Crippen molar-refractivity contribution in [1.29, 1.82) is 0 Å². The Kier molecular flexibility index (Phi) is 12.4. The van der Waals surface area contributed by atoms with Crippen molar-refractivity contribution >= 4 is 48.5 Å². The molecule has 7 rings (SSSR count). The van der Waals surface area contributed by atoms with E-state index in [4.69, 9.17) is 34.3 Å². The second-order valence-electron chi connectivity index (χ2n) is 11.8. The van der Waals surface area contributed by atoms with E-state index in [1.165, 1.54) is 6.92 Å². The van der Waals surface area contributed by atoms with Crippen molar-refractivity contribution in [2.45, 2.75) is 26.2 Å². The molecule has 14 nitrogen and oxygen atoms in total. The second kappa shape index (κ2) is 17.9. The van der Waals surface area contributed by atoms with Gasteiger partial charge in [0.15, 0.2) is 5.84 Å². The lowest BCUT2D eigenvalue weighted by Crippen LogP contribution is -2.48. The van der Waals surface area contributed by atoms with Gasteiger partial charge in [0.25, 0.3) is 0 Å². The summed E-state index contributed by atoms with van der Waals surface area (Å²) in [5, 5.41) is 20.4. The predicted molar refractivity (Wildman–Crippen MR) is 204 cm³/mol. The Morgan fingerprint density at radius 1 is 0.537 bits per heavy atom. The molecule has 0 radical (unpaired) electrons. The van der Waals surface area contributed by atoms with Crippen LogP contribution in [0.3, 0.4) is 0 Å². The minimum atomic E-state index is -4.52. The van der Waals surface area contributed by atoms with E-state index in [9.17, 15) is 0 Å². The molecule has 18 heteroatoms. The van der Waals surface area contributed by atoms with Gasteiger partial charge in [-0.2, -0.15) is 0 Å². The fourth-order valence-electron chi connectivity index (χ4n) is 5.05. The van der Waals surface area contributed by atoms with Gasteiger partial charge in [0.05, 0.1) is 0 Å². The van der Waals surface area contributed by atoms with Crippen LogP contribution in [0.5, 0.6) is 0 Å². The number of aliphatic imine (C=N–C) groups is 1. The third-order valence-corrected chi connectivity index (χ3v) is 7.80. The number of fused-ring (bicyclic) bond motifs is 10. The number of hydrogen-bond donors (Lipinski definition) is 2. The standard InChI is InChI=1S/C36H36B2F2N8O6/c1-27-36(42-26-16-6-15-25-41)48-54-38(40)52-46-34(30-21-11-4-12-22-30)32(28-17-7-2-8-18-28)44-50-37(39,49-43-27)51-45-33(29-19-9-3-10-20-29)35(47-53-38)31-23-13-5-14-24-31/h2-5,7-14,17-24H,6,15-16,25-26,41H2,1H3,(H,42,48)/q-2/b43-27-,44-32-,45-33?,46-34?,47-35-. The SMILES string of the molecule is C/C1=N/O[B-]2(F)ON=C(c3ccccc3)/C(c3ccccc3)=N\O[B-](F)(ON=C(c3ccccc3)/C(c3ccccc3)=N\O2)ONC1=NCCCCCN. The summed E-state index contributed by atoms with van der Waals surface area (Å²) in [5.74, 6) is -0.174. The van der Waals surface area contributed by atoms with Crippen molar-refractivity contribution in [2.24, 2.45) is 36.5 Å². The van der Waals surface area contributed by atoms with Crippen LogP contribution >= 0.6 is 0 Å². The first-order valence-electron chi connectivity index (χ1n) is 17.2. The zero-order valence-electron chi connectivity index (χ0n) is 29.2. The van der Waals surface area contributed by atoms with Crippen LogP contribution in [-0.2, 0) is 28.5 Å². The van der Waals surface area contributed by atoms with Gasteiger partial charge in [-0.25, -0.2) is 0 Å². The Morgan fingerprint density at radius 2 is 0.907 bits per heavy atom. The number of amidine groups is 1. The van der Waals surface area contributed by atoms with Crippen LogP contribution < -0.4 is 11.2 Å². The molecule has 2 atom stereocenters. The number of nitrogens with two attached hydrogens (primary N) is 1. The molecule has 0 saturated heterocycles. The Labute approximate surface area is 310 Å². The van der Waals surface area contributed by atoms with Gasteiger partial charge in [-0.3, -0.25) is 10.5 Å². The largest absolute Gasteiger partial charge is 0.812 e. The summed E-state index contributed by atoms with van der Waals surface area (Å²) in [6.45, 7) is 2.13. The summed E-state index contributed by atoms with van der Waals surface area (Å²) >= 11 is 0. The molecule has 2 unspecified atom stereocenters. The number of nitrogens with zero attached hydrogens (tertiary/aromatic N) is 6. The summed E-state index contributed by atoms with van der Waals surface area (Å²) in [5.41, 5.74) is 8.84. The highest BCUT2D eigenvalue weighted by molar-refractivity contribution is 6.58. The van der Waals surface area contributed by atoms with E-state index in [1.807, 2.05) is 0 Å². The van der Waals surface area contributed by atoms with Crippen LogP contribution in [0.15, 0.2) is 152 Å². The Bertz CT molecular complexity index is 1930. The molecular weight excluding hydrogens is 700 g/mol. The molecule has 4 aromatic carbocycles. The van der Waals surface area contributed by atoms with Crippen molar-refractivity contribution in [3.05, 3.63) is 144 Å². The predicted octanol–water partition coefficient (Wildman–Crippen LogP) is 5.95. The van der Waals surface area contributed by atoms with Gasteiger partial charge in [0.1, 0.15) is 28.6 Å². The fraction of sp³-hybridized carbons (Fsp3) is 0.167. The monoisotopic (exact) mass is 736 g/mol. The highest BCUT2D eigenvalue weighted by atomic mass is 19.1. The summed E-state index contributed by atoms with van der Waals surface area (Å²) in [6.07, 6.45) is 2.15. The number of hydrogen-bond acceptors (Lipinski definition) is 13. The normalized spacial score (nSPS) is 24.3. The number of oxime groups is 5. The van der Waals surface area contributed by atoms with E-state index in [1.54, 1.807) is 121 Å². The molecule has 0 fully saturated rings. The third kappa shape index (κ3) is 9.72. The molecule has 0 spiro atoms. The van der Waals surface area contributed by atoms with Gasteiger partial charge in [0, 0.05) is 28.8 Å². The van der Waals surface area contributed by atoms with Gasteiger partial charge in [-0.15, -0.1) is 25.8 Å². The van der Waals surface area contributed by atoms with Crippen molar-refractivity contribution < 1.29 is 37.2 Å². The number of unbranched alkanes of at least 4 members (excludes halogenated alkanes) is 2. The molecule has 0 aliphatic carbocycles. The second-order valence-corrected chi connectivity index (χ2v) is 11.8. The Morgan fingerprint density at radius 3 is 1.30 bits per heavy atom. The van der Waals surface area contributed by atoms with E-state index in [2.05, 4.69) is 36.3 Å². The molecular formula is C36H36B2F2N8O6-2. The molecule has 0 amide bonds. The molecule has 3 aliphatic rings. The lowest BCUT2D eigenvalue weighted by atomic mass is 10.00. The van der Waals surface area contributed by atoms with Gasteiger partial charge in [-0.1, -0.05) is 128 Å². The highest BCUT2D eigenvalue weighted by Crippen LogP contribution is 2.22. The smallest absolute Gasteiger partial charge is 0.521 e. The van der Waals surface area contributed by atoms with Crippen LogP contribution in [0.4, 0.5) is 8.63 Å². The van der Waals surface area contributed by atoms with E-state index in [-0.39, 0.29) is 40.9 Å². The average molecular weight is 736 g/mol. The lowest BCUT2D eigenvalue weighted by Gasteiger charge is -2.32. The molecule has 54 heavy (non-hydrogen) atoms. The zero-order valence-corrected chi connectivity index (χ0v) is 29.2. The van der Waals surface area contributed by atoms with E-state index >= 15 is 8.63 Å². The van der Waals surface area contributed by atoms with E-state index in [0.717, 1.165) is 12.8 Å². The maximum Gasteiger partial charge on any atom is 0.812 e. The van der Waals surface area contributed by atoms with Crippen molar-refractivity contribution in [1.82, 2.24) is 5.48 Å². The highest BCUT2D eigenvalue weighted by Gasteiger charge is 2.43. The van der Waals surface area contributed by atoms with Gasteiger partial charge >= 0.3 is 14.1 Å². The Hall–Kier alpha value is -6.39. The minimum Gasteiger partial charge on any atom is -0.521 e. The maximum atomic E-state index is 17.2. The molecule has 3 N–H and O–H groups in total. The number of rotatable bonds is 9. The zero-order chi connectivity index (χ0) is 37.6. The molecule has 0 saturated carbocycles. The molecule has 0 aromatic heterocycles. The first-order valence-corrected chi connectivity index (χ1v) is 17.2. The lowest BCUT2D eigenvalue weighted by molar-refractivity contribution is 0.00425. The van der Waals surface area contributed by atoms with Crippen molar-refractivity contribution in [2.75, 3.05) is 13.1 Å². The molecule has 3 aliphatic heterocycles. The molecule has 278 valence electrons. The van der Waals surface area contributed by atoms with Gasteiger partial charge in [-0.05, 0) is 26.3 Å². The maximum absolute atomic E-state index is 17.2. The number of nitrogens with one attached hydrogen (secondary N) is 1. The van der Waals surface area contributed by atoms with Crippen molar-refractivity contribution in [3.8, 4) is 0 Å². The van der Waals surface area contributed by atoms with Crippen LogP contribution in [0.1, 0.15) is 48.4 Å². The van der Waals surface area contributed by atoms with Gasteiger partial charge in [0.2, 0.25) is 0 Å². The number of hydroxylamine groups is 1.